The minimum absolute atomic E-state index is 0.0403. The third-order valence-corrected chi connectivity index (χ3v) is 4.36. The topological polar surface area (TPSA) is 62.5 Å². The van der Waals surface area contributed by atoms with Crippen LogP contribution in [0.15, 0.2) is 28.7 Å². The van der Waals surface area contributed by atoms with Crippen LogP contribution < -0.4 is 0 Å². The van der Waals surface area contributed by atoms with Crippen LogP contribution in [0.25, 0.3) is 0 Å². The first-order valence-electron chi connectivity index (χ1n) is 8.70. The van der Waals surface area contributed by atoms with Gasteiger partial charge in [0.15, 0.2) is 0 Å². The number of aryl methyl sites for hydroxylation is 1. The van der Waals surface area contributed by atoms with Crippen LogP contribution in [0, 0.1) is 5.82 Å². The van der Waals surface area contributed by atoms with Crippen molar-refractivity contribution in [2.75, 3.05) is 26.2 Å². The Morgan fingerprint density at radius 3 is 2.80 bits per heavy atom. The summed E-state index contributed by atoms with van der Waals surface area (Å²) in [4.78, 5) is 16.6. The Hall–Kier alpha value is -2.28. The number of hydrogen-bond donors (Lipinski definition) is 0. The van der Waals surface area contributed by atoms with Crippen LogP contribution in [0.4, 0.5) is 4.39 Å². The molecule has 0 radical (unpaired) electrons. The van der Waals surface area contributed by atoms with E-state index in [4.69, 9.17) is 4.42 Å². The molecule has 2 heterocycles. The molecule has 1 amide bonds. The highest BCUT2D eigenvalue weighted by Gasteiger charge is 2.20. The molecule has 0 aliphatic carbocycles. The van der Waals surface area contributed by atoms with E-state index in [1.54, 1.807) is 12.1 Å². The lowest BCUT2D eigenvalue weighted by molar-refractivity contribution is -0.130. The van der Waals surface area contributed by atoms with E-state index in [0.717, 1.165) is 25.9 Å². The van der Waals surface area contributed by atoms with Gasteiger partial charge in [0.2, 0.25) is 17.7 Å². The van der Waals surface area contributed by atoms with Gasteiger partial charge < -0.3 is 9.32 Å². The van der Waals surface area contributed by atoms with Gasteiger partial charge in [-0.1, -0.05) is 19.1 Å². The molecule has 1 aromatic heterocycles. The maximum Gasteiger partial charge on any atom is 0.230 e. The number of nitrogens with zero attached hydrogens (tertiary/aromatic N) is 4. The van der Waals surface area contributed by atoms with Gasteiger partial charge in [-0.15, -0.1) is 10.2 Å². The Balaban J connectivity index is 1.53. The second-order valence-electron chi connectivity index (χ2n) is 6.26. The standard InChI is InChI=1S/C18H23FN4O2/c1-2-16-20-21-17(25-16)13-22-7-4-8-23(10-9-22)18(24)12-14-5-3-6-15(19)11-14/h3,5-6,11H,2,4,7-10,12-13H2,1H3. The highest BCUT2D eigenvalue weighted by atomic mass is 19.1. The lowest BCUT2D eigenvalue weighted by atomic mass is 10.1. The molecule has 0 unspecified atom stereocenters. The monoisotopic (exact) mass is 346 g/mol. The molecule has 2 aromatic rings. The van der Waals surface area contributed by atoms with Crippen molar-refractivity contribution in [1.82, 2.24) is 20.0 Å². The molecule has 7 heteroatoms. The Kier molecular flexibility index (Phi) is 5.75. The van der Waals surface area contributed by atoms with Gasteiger partial charge in [-0.25, -0.2) is 4.39 Å². The second-order valence-corrected chi connectivity index (χ2v) is 6.26. The number of rotatable bonds is 5. The van der Waals surface area contributed by atoms with Gasteiger partial charge in [-0.2, -0.15) is 0 Å². The fraction of sp³-hybridized carbons (Fsp3) is 0.500. The van der Waals surface area contributed by atoms with Crippen LogP contribution in [0.5, 0.6) is 0 Å². The number of carbonyl (C=O) groups excluding carboxylic acids is 1. The molecule has 134 valence electrons. The van der Waals surface area contributed by atoms with Crippen LogP contribution in [0.1, 0.15) is 30.7 Å². The molecular formula is C18H23FN4O2. The molecule has 6 nitrogen and oxygen atoms in total. The number of aromatic nitrogens is 2. The molecular weight excluding hydrogens is 323 g/mol. The van der Waals surface area contributed by atoms with E-state index in [-0.39, 0.29) is 18.1 Å². The van der Waals surface area contributed by atoms with Crippen molar-refractivity contribution in [1.29, 1.82) is 0 Å². The molecule has 1 fully saturated rings. The average molecular weight is 346 g/mol. The summed E-state index contributed by atoms with van der Waals surface area (Å²) in [7, 11) is 0. The summed E-state index contributed by atoms with van der Waals surface area (Å²) in [6.45, 7) is 5.61. The average Bonchev–Trinajstić information content (AvgIpc) is 2.91. The largest absolute Gasteiger partial charge is 0.424 e. The van der Waals surface area contributed by atoms with Gasteiger partial charge in [0.05, 0.1) is 13.0 Å². The number of halogens is 1. The quantitative estimate of drug-likeness (QED) is 0.829. The van der Waals surface area contributed by atoms with Crippen LogP contribution in [0.2, 0.25) is 0 Å². The van der Waals surface area contributed by atoms with Crippen LogP contribution in [-0.2, 0) is 24.2 Å². The summed E-state index contributed by atoms with van der Waals surface area (Å²) >= 11 is 0. The lowest BCUT2D eigenvalue weighted by Crippen LogP contribution is -2.36. The summed E-state index contributed by atoms with van der Waals surface area (Å²) in [5.41, 5.74) is 0.712. The minimum Gasteiger partial charge on any atom is -0.424 e. The molecule has 0 N–H and O–H groups in total. The van der Waals surface area contributed by atoms with Crippen molar-refractivity contribution < 1.29 is 13.6 Å². The van der Waals surface area contributed by atoms with E-state index >= 15 is 0 Å². The molecule has 25 heavy (non-hydrogen) atoms. The molecule has 0 saturated carbocycles. The van der Waals surface area contributed by atoms with Crippen molar-refractivity contribution in [2.45, 2.75) is 32.7 Å². The predicted octanol–water partition coefficient (Wildman–Crippen LogP) is 2.05. The van der Waals surface area contributed by atoms with Crippen molar-refractivity contribution in [2.24, 2.45) is 0 Å². The first kappa shape index (κ1) is 17.5. The second kappa shape index (κ2) is 8.20. The van der Waals surface area contributed by atoms with E-state index < -0.39 is 0 Å². The number of benzene rings is 1. The lowest BCUT2D eigenvalue weighted by Gasteiger charge is -2.21. The van der Waals surface area contributed by atoms with Gasteiger partial charge >= 0.3 is 0 Å². The van der Waals surface area contributed by atoms with Crippen molar-refractivity contribution in [3.63, 3.8) is 0 Å². The highest BCUT2D eigenvalue weighted by Crippen LogP contribution is 2.11. The van der Waals surface area contributed by atoms with E-state index in [0.29, 0.717) is 37.0 Å². The molecule has 0 spiro atoms. The summed E-state index contributed by atoms with van der Waals surface area (Å²) in [5, 5.41) is 8.04. The first-order valence-corrected chi connectivity index (χ1v) is 8.70. The summed E-state index contributed by atoms with van der Waals surface area (Å²) in [5.74, 6) is 1.00. The van der Waals surface area contributed by atoms with Crippen LogP contribution >= 0.6 is 0 Å². The summed E-state index contributed by atoms with van der Waals surface area (Å²) in [6.07, 6.45) is 1.86. The van der Waals surface area contributed by atoms with E-state index in [1.165, 1.54) is 12.1 Å². The smallest absolute Gasteiger partial charge is 0.230 e. The summed E-state index contributed by atoms with van der Waals surface area (Å²) in [6, 6.07) is 6.23. The molecule has 0 atom stereocenters. The van der Waals surface area contributed by atoms with Crippen LogP contribution in [0.3, 0.4) is 0 Å². The summed E-state index contributed by atoms with van der Waals surface area (Å²) < 4.78 is 18.8. The van der Waals surface area contributed by atoms with Gasteiger partial charge in [-0.3, -0.25) is 9.69 Å². The molecule has 1 aliphatic rings. The third kappa shape index (κ3) is 4.85. The zero-order valence-corrected chi connectivity index (χ0v) is 14.4. The molecule has 3 rings (SSSR count). The first-order chi connectivity index (χ1) is 12.1. The number of carbonyl (C=O) groups is 1. The van der Waals surface area contributed by atoms with Crippen LogP contribution in [-0.4, -0.2) is 52.1 Å². The Morgan fingerprint density at radius 1 is 1.20 bits per heavy atom. The zero-order chi connectivity index (χ0) is 17.6. The molecule has 1 saturated heterocycles. The predicted molar refractivity (Wildman–Crippen MR) is 90.3 cm³/mol. The normalized spacial score (nSPS) is 16.0. The van der Waals surface area contributed by atoms with Gasteiger partial charge in [0, 0.05) is 32.6 Å². The van der Waals surface area contributed by atoms with Crippen molar-refractivity contribution in [3.8, 4) is 0 Å². The molecule has 1 aliphatic heterocycles. The van der Waals surface area contributed by atoms with Crippen molar-refractivity contribution in [3.05, 3.63) is 47.4 Å². The molecule has 1 aromatic carbocycles. The maximum absolute atomic E-state index is 13.3. The van der Waals surface area contributed by atoms with E-state index in [1.807, 2.05) is 11.8 Å². The molecule has 0 bridgehead atoms. The van der Waals surface area contributed by atoms with Gasteiger partial charge in [0.25, 0.3) is 0 Å². The number of hydrogen-bond acceptors (Lipinski definition) is 5. The van der Waals surface area contributed by atoms with E-state index in [2.05, 4.69) is 15.1 Å². The zero-order valence-electron chi connectivity index (χ0n) is 14.4. The van der Waals surface area contributed by atoms with Gasteiger partial charge in [0.1, 0.15) is 5.82 Å². The number of amides is 1. The Bertz CT molecular complexity index is 719. The Morgan fingerprint density at radius 2 is 2.04 bits per heavy atom. The van der Waals surface area contributed by atoms with E-state index in [9.17, 15) is 9.18 Å². The maximum atomic E-state index is 13.3. The van der Waals surface area contributed by atoms with Gasteiger partial charge in [-0.05, 0) is 24.1 Å². The third-order valence-electron chi connectivity index (χ3n) is 4.36. The Labute approximate surface area is 146 Å². The minimum atomic E-state index is -0.307. The highest BCUT2D eigenvalue weighted by molar-refractivity contribution is 5.78. The fourth-order valence-electron chi connectivity index (χ4n) is 3.00. The fourth-order valence-corrected chi connectivity index (χ4v) is 3.00. The van der Waals surface area contributed by atoms with Crippen molar-refractivity contribution >= 4 is 5.91 Å². The SMILES string of the molecule is CCc1nnc(CN2CCCN(C(=O)Cc3cccc(F)c3)CC2)o1.